The lowest BCUT2D eigenvalue weighted by molar-refractivity contribution is 0.171. The van der Waals surface area contributed by atoms with Crippen molar-refractivity contribution in [2.24, 2.45) is 0 Å². The first-order chi connectivity index (χ1) is 3.06. The van der Waals surface area contributed by atoms with Crippen LogP contribution in [0.25, 0.3) is 0 Å². The normalized spacial score (nSPS) is 16.3. The molecule has 36 valence electrons. The molecule has 0 fully saturated rings. The molecular formula is C6H8O+2. The molecule has 0 aliphatic carbocycles. The third kappa shape index (κ3) is 5.26. The van der Waals surface area contributed by atoms with Crippen molar-refractivity contribution < 1.29 is 5.11 Å². The molecule has 7 heavy (non-hydrogen) atoms. The van der Waals surface area contributed by atoms with Gasteiger partial charge in [0.1, 0.15) is 12.8 Å². The molecule has 1 unspecified atom stereocenters. The maximum atomic E-state index is 8.69. The quantitative estimate of drug-likeness (QED) is 0.342. The predicted octanol–water partition coefficient (Wildman–Crippen LogP) is 0.409. The predicted molar refractivity (Wildman–Crippen MR) is 29.1 cm³/mol. The van der Waals surface area contributed by atoms with E-state index in [2.05, 4.69) is 25.7 Å². The minimum Gasteiger partial charge on any atom is -0.324 e. The SMILES string of the molecule is [CH2+]C#CC([CH2+])(C)O. The molecule has 0 rings (SSSR count). The van der Waals surface area contributed by atoms with E-state index in [1.165, 1.54) is 6.92 Å². The van der Waals surface area contributed by atoms with Crippen LogP contribution in [0.3, 0.4) is 0 Å². The van der Waals surface area contributed by atoms with Crippen LogP contribution in [-0.2, 0) is 0 Å². The minimum atomic E-state index is -1.12. The zero-order valence-electron chi connectivity index (χ0n) is 4.36. The van der Waals surface area contributed by atoms with Crippen LogP contribution in [0.15, 0.2) is 0 Å². The van der Waals surface area contributed by atoms with E-state index in [4.69, 9.17) is 5.11 Å². The van der Waals surface area contributed by atoms with Crippen LogP contribution in [-0.4, -0.2) is 10.7 Å². The van der Waals surface area contributed by atoms with E-state index in [0.29, 0.717) is 0 Å². The molecule has 0 amide bonds. The molecule has 0 aromatic rings. The summed E-state index contributed by atoms with van der Waals surface area (Å²) in [5.74, 6) is 4.66. The number of hydrogen-bond acceptors (Lipinski definition) is 1. The molecule has 0 aliphatic heterocycles. The summed E-state index contributed by atoms with van der Waals surface area (Å²) in [4.78, 5) is 0. The maximum absolute atomic E-state index is 8.69. The highest BCUT2D eigenvalue weighted by atomic mass is 16.3. The van der Waals surface area contributed by atoms with Gasteiger partial charge in [-0.3, -0.25) is 0 Å². The van der Waals surface area contributed by atoms with Gasteiger partial charge < -0.3 is 5.11 Å². The second kappa shape index (κ2) is 1.81. The van der Waals surface area contributed by atoms with E-state index in [1.807, 2.05) is 0 Å². The topological polar surface area (TPSA) is 20.2 Å². The van der Waals surface area contributed by atoms with E-state index >= 15 is 0 Å². The van der Waals surface area contributed by atoms with E-state index in [0.717, 1.165) is 0 Å². The van der Waals surface area contributed by atoms with Gasteiger partial charge in [0, 0.05) is 6.92 Å². The zero-order valence-corrected chi connectivity index (χ0v) is 4.36. The Morgan fingerprint density at radius 2 is 2.14 bits per heavy atom. The summed E-state index contributed by atoms with van der Waals surface area (Å²) in [6.45, 7) is 8.02. The summed E-state index contributed by atoms with van der Waals surface area (Å²) in [5, 5.41) is 8.69. The Hall–Kier alpha value is -0.740. The lowest BCUT2D eigenvalue weighted by atomic mass is 10.1. The van der Waals surface area contributed by atoms with Crippen LogP contribution >= 0.6 is 0 Å². The largest absolute Gasteiger partial charge is 0.343 e. The fourth-order valence-electron chi connectivity index (χ4n) is 0.190. The van der Waals surface area contributed by atoms with Gasteiger partial charge >= 0.3 is 5.60 Å². The molecule has 0 heterocycles. The average molecular weight is 96.1 g/mol. The Balaban J connectivity index is 3.72. The molecule has 1 nitrogen and oxygen atoms in total. The highest BCUT2D eigenvalue weighted by molar-refractivity contribution is 5.14. The lowest BCUT2D eigenvalue weighted by Gasteiger charge is -1.87. The molecule has 0 aromatic carbocycles. The minimum absolute atomic E-state index is 1.12. The lowest BCUT2D eigenvalue weighted by Crippen LogP contribution is -2.14. The Morgan fingerprint density at radius 1 is 1.71 bits per heavy atom. The first-order valence-corrected chi connectivity index (χ1v) is 1.93. The fourth-order valence-corrected chi connectivity index (χ4v) is 0.190. The van der Waals surface area contributed by atoms with Gasteiger partial charge in [0.15, 0.2) is 0 Å². The van der Waals surface area contributed by atoms with Crippen LogP contribution < -0.4 is 0 Å². The molecule has 0 saturated heterocycles. The smallest absolute Gasteiger partial charge is 0.324 e. The number of hydrogen-bond donors (Lipinski definition) is 1. The van der Waals surface area contributed by atoms with Crippen LogP contribution in [0.1, 0.15) is 6.92 Å². The summed E-state index contributed by atoms with van der Waals surface area (Å²) in [6, 6.07) is 0. The van der Waals surface area contributed by atoms with Crippen LogP contribution in [0, 0.1) is 25.7 Å². The van der Waals surface area contributed by atoms with Crippen molar-refractivity contribution in [1.82, 2.24) is 0 Å². The second-order valence-electron chi connectivity index (χ2n) is 1.58. The second-order valence-corrected chi connectivity index (χ2v) is 1.58. The molecule has 1 N–H and O–H groups in total. The van der Waals surface area contributed by atoms with Gasteiger partial charge in [0.2, 0.25) is 5.92 Å². The first kappa shape index (κ1) is 6.26. The Kier molecular flexibility index (Phi) is 1.62. The maximum Gasteiger partial charge on any atom is 0.343 e. The summed E-state index contributed by atoms with van der Waals surface area (Å²) in [6.07, 6.45) is 0. The molecule has 0 spiro atoms. The van der Waals surface area contributed by atoms with Crippen molar-refractivity contribution in [3.63, 3.8) is 0 Å². The number of aliphatic hydroxyl groups is 1. The molecule has 0 aliphatic rings. The summed E-state index contributed by atoms with van der Waals surface area (Å²) in [7, 11) is 0. The molecule has 1 heteroatoms. The summed E-state index contributed by atoms with van der Waals surface area (Å²) in [5.41, 5.74) is -1.12. The van der Waals surface area contributed by atoms with Crippen LogP contribution in [0.4, 0.5) is 0 Å². The Labute approximate surface area is 44.4 Å². The average Bonchev–Trinajstić information content (AvgIpc) is 1.30. The van der Waals surface area contributed by atoms with Crippen molar-refractivity contribution in [2.75, 3.05) is 0 Å². The Morgan fingerprint density at radius 3 is 2.14 bits per heavy atom. The highest BCUT2D eigenvalue weighted by Crippen LogP contribution is 1.94. The zero-order chi connectivity index (χ0) is 5.91. The summed E-state index contributed by atoms with van der Waals surface area (Å²) < 4.78 is 0. The molecule has 0 saturated carbocycles. The van der Waals surface area contributed by atoms with Crippen molar-refractivity contribution in [1.29, 1.82) is 0 Å². The van der Waals surface area contributed by atoms with Gasteiger partial charge in [0.25, 0.3) is 0 Å². The van der Waals surface area contributed by atoms with Crippen molar-refractivity contribution in [3.8, 4) is 11.8 Å². The van der Waals surface area contributed by atoms with Crippen LogP contribution in [0.2, 0.25) is 0 Å². The van der Waals surface area contributed by atoms with Gasteiger partial charge in [-0.1, -0.05) is 0 Å². The molecule has 1 atom stereocenters. The monoisotopic (exact) mass is 96.1 g/mol. The number of rotatable bonds is 0. The standard InChI is InChI=1S/C6H8O/c1-4-5-6(2,3)7/h7H,1-2H2,3H3/q+2. The first-order valence-electron chi connectivity index (χ1n) is 1.93. The highest BCUT2D eigenvalue weighted by Gasteiger charge is 2.23. The van der Waals surface area contributed by atoms with Crippen molar-refractivity contribution in [3.05, 3.63) is 13.8 Å². The van der Waals surface area contributed by atoms with Gasteiger partial charge in [-0.15, -0.1) is 0 Å². The summed E-state index contributed by atoms with van der Waals surface area (Å²) >= 11 is 0. The van der Waals surface area contributed by atoms with E-state index in [-0.39, 0.29) is 0 Å². The third-order valence-corrected chi connectivity index (χ3v) is 0.358. The Bertz CT molecular complexity index is 97.6. The van der Waals surface area contributed by atoms with E-state index in [1.54, 1.807) is 0 Å². The van der Waals surface area contributed by atoms with Gasteiger partial charge in [-0.25, -0.2) is 0 Å². The molecule has 0 bridgehead atoms. The van der Waals surface area contributed by atoms with Gasteiger partial charge in [-0.05, 0) is 0 Å². The molecular weight excluding hydrogens is 88.1 g/mol. The molecule has 0 radical (unpaired) electrons. The van der Waals surface area contributed by atoms with E-state index < -0.39 is 5.60 Å². The van der Waals surface area contributed by atoms with Gasteiger partial charge in [0.05, 0.1) is 6.92 Å². The third-order valence-electron chi connectivity index (χ3n) is 0.358. The van der Waals surface area contributed by atoms with Gasteiger partial charge in [-0.2, -0.15) is 0 Å². The van der Waals surface area contributed by atoms with E-state index in [9.17, 15) is 0 Å². The fraction of sp³-hybridized carbons (Fsp3) is 0.333. The molecule has 0 aromatic heterocycles. The van der Waals surface area contributed by atoms with Crippen LogP contribution in [0.5, 0.6) is 0 Å². The van der Waals surface area contributed by atoms with Crippen molar-refractivity contribution in [2.45, 2.75) is 12.5 Å². The van der Waals surface area contributed by atoms with Crippen molar-refractivity contribution >= 4 is 0 Å².